The van der Waals surface area contributed by atoms with E-state index in [1.807, 2.05) is 64.1 Å². The average Bonchev–Trinajstić information content (AvgIpc) is 2.85. The van der Waals surface area contributed by atoms with Crippen LogP contribution < -0.4 is 4.72 Å². The fourth-order valence-corrected chi connectivity index (χ4v) is 2.34. The number of esters is 1. The molecule has 4 nitrogen and oxygen atoms in total. The van der Waals surface area contributed by atoms with Crippen molar-refractivity contribution < 1.29 is 9.53 Å². The Hall–Kier alpha value is -2.79. The van der Waals surface area contributed by atoms with Gasteiger partial charge in [-0.2, -0.15) is 0 Å². The quantitative estimate of drug-likeness (QED) is 0.156. The zero-order chi connectivity index (χ0) is 25.0. The van der Waals surface area contributed by atoms with Crippen LogP contribution in [-0.2, 0) is 4.74 Å². The minimum atomic E-state index is -0.439. The number of nitrogens with one attached hydrogen (secondary N) is 1. The van der Waals surface area contributed by atoms with Crippen LogP contribution in [0.2, 0.25) is 0 Å². The molecule has 0 aliphatic carbocycles. The predicted molar refractivity (Wildman–Crippen MR) is 146 cm³/mol. The molecule has 0 spiro atoms. The van der Waals surface area contributed by atoms with E-state index in [1.165, 1.54) is 7.11 Å². The molecule has 0 bridgehead atoms. The molecule has 1 unspecified atom stereocenters. The summed E-state index contributed by atoms with van der Waals surface area (Å²) in [6.07, 6.45) is 20.9. The number of allylic oxidation sites excluding steroid dienone is 8. The molecular formula is C27H42N2O2S. The molecular weight excluding hydrogens is 416 g/mol. The third kappa shape index (κ3) is 21.9. The van der Waals surface area contributed by atoms with E-state index in [4.69, 9.17) is 0 Å². The molecule has 0 fully saturated rings. The third-order valence-electron chi connectivity index (χ3n) is 3.04. The fraction of sp³-hybridized carbons (Fsp3) is 0.333. The lowest BCUT2D eigenvalue weighted by Crippen LogP contribution is -2.05. The van der Waals surface area contributed by atoms with E-state index >= 15 is 0 Å². The topological polar surface area (TPSA) is 51.2 Å². The van der Waals surface area contributed by atoms with Crippen LogP contribution in [0.4, 0.5) is 5.69 Å². The van der Waals surface area contributed by atoms with Crippen LogP contribution in [0, 0.1) is 0 Å². The van der Waals surface area contributed by atoms with E-state index in [2.05, 4.69) is 53.3 Å². The number of hydrogen-bond donors (Lipinski definition) is 1. The van der Waals surface area contributed by atoms with Gasteiger partial charge >= 0.3 is 5.97 Å². The molecule has 0 radical (unpaired) electrons. The monoisotopic (exact) mass is 458 g/mol. The van der Waals surface area contributed by atoms with Crippen LogP contribution in [0.15, 0.2) is 92.8 Å². The van der Waals surface area contributed by atoms with Gasteiger partial charge < -0.3 is 9.46 Å². The number of anilines is 1. The Bertz CT molecular complexity index is 695. The van der Waals surface area contributed by atoms with Gasteiger partial charge in [0, 0.05) is 17.1 Å². The maximum absolute atomic E-state index is 11.4. The Labute approximate surface area is 201 Å². The number of rotatable bonds is 11. The highest BCUT2D eigenvalue weighted by atomic mass is 32.2. The number of hydrogen-bond acceptors (Lipinski definition) is 5. The highest BCUT2D eigenvalue weighted by Gasteiger charge is 2.07. The van der Waals surface area contributed by atoms with Crippen LogP contribution in [0.3, 0.4) is 0 Å². The van der Waals surface area contributed by atoms with E-state index in [0.717, 1.165) is 18.5 Å². The number of aromatic nitrogens is 1. The van der Waals surface area contributed by atoms with Gasteiger partial charge in [0.2, 0.25) is 0 Å². The third-order valence-corrected chi connectivity index (χ3v) is 3.93. The van der Waals surface area contributed by atoms with E-state index in [-0.39, 0.29) is 0 Å². The Morgan fingerprint density at radius 3 is 2.22 bits per heavy atom. The Morgan fingerprint density at radius 2 is 1.69 bits per heavy atom. The number of carbonyl (C=O) groups excluding carboxylic acids is 1. The summed E-state index contributed by atoms with van der Waals surface area (Å²) < 4.78 is 7.84. The molecule has 178 valence electrons. The van der Waals surface area contributed by atoms with Crippen LogP contribution in [-0.4, -0.2) is 23.3 Å². The van der Waals surface area contributed by atoms with Crippen LogP contribution in [0.5, 0.6) is 0 Å². The van der Waals surface area contributed by atoms with Gasteiger partial charge in [-0.15, -0.1) is 6.58 Å². The molecule has 0 aromatic carbocycles. The van der Waals surface area contributed by atoms with Gasteiger partial charge in [0.25, 0.3) is 0 Å². The second kappa shape index (κ2) is 28.2. The van der Waals surface area contributed by atoms with Gasteiger partial charge in [-0.3, -0.25) is 0 Å². The number of pyridine rings is 1. The number of ether oxygens (including phenoxy) is 1. The van der Waals surface area contributed by atoms with Crippen LogP contribution in [0.1, 0.15) is 57.9 Å². The summed E-state index contributed by atoms with van der Waals surface area (Å²) in [5, 5.41) is 0.303. The lowest BCUT2D eigenvalue weighted by molar-refractivity contribution is 0.0594. The highest BCUT2D eigenvalue weighted by Crippen LogP contribution is 2.18. The standard InChI is InChI=1S/C16H20N2O2S.C7H10.2C2H6/c1-4-5-6-7-8-9-13(2)21-18-14-10-11-17-15(12-14)16(19)20-3;1-3-5-7-6-4-2;2*1-2/h4-6,8-13H,1,7H2,2-3H3,(H,17,18);3-5,7H,1-2,6H2;2*1-2H3/b6-5?,9-8+;;;. The maximum atomic E-state index is 11.4. The van der Waals surface area contributed by atoms with Crippen LogP contribution in [0.25, 0.3) is 0 Å². The molecule has 1 aromatic rings. The fourth-order valence-electron chi connectivity index (χ4n) is 1.71. The van der Waals surface area contributed by atoms with E-state index < -0.39 is 5.97 Å². The van der Waals surface area contributed by atoms with E-state index in [1.54, 1.807) is 36.4 Å². The molecule has 1 N–H and O–H groups in total. The van der Waals surface area contributed by atoms with Crippen molar-refractivity contribution in [1.82, 2.24) is 4.98 Å². The second-order valence-corrected chi connectivity index (χ2v) is 6.55. The molecule has 0 saturated heterocycles. The van der Waals surface area contributed by atoms with E-state index in [9.17, 15) is 4.79 Å². The molecule has 0 aliphatic heterocycles. The van der Waals surface area contributed by atoms with Gasteiger partial charge in [-0.05, 0) is 43.8 Å². The Balaban J connectivity index is -0.000000643. The molecule has 32 heavy (non-hydrogen) atoms. The lowest BCUT2D eigenvalue weighted by Gasteiger charge is -2.09. The lowest BCUT2D eigenvalue weighted by atomic mass is 10.3. The summed E-state index contributed by atoms with van der Waals surface area (Å²) >= 11 is 1.56. The van der Waals surface area contributed by atoms with Crippen molar-refractivity contribution in [3.05, 3.63) is 98.4 Å². The summed E-state index contributed by atoms with van der Waals surface area (Å²) in [7, 11) is 1.34. The normalized spacial score (nSPS) is 10.6. The smallest absolute Gasteiger partial charge is 0.356 e. The van der Waals surface area contributed by atoms with Crippen molar-refractivity contribution in [2.24, 2.45) is 0 Å². The first-order valence-electron chi connectivity index (χ1n) is 10.9. The molecule has 5 heteroatoms. The van der Waals surface area contributed by atoms with Gasteiger partial charge in [-0.25, -0.2) is 9.78 Å². The Morgan fingerprint density at radius 1 is 1.09 bits per heavy atom. The molecule has 1 atom stereocenters. The average molecular weight is 459 g/mol. The molecule has 1 heterocycles. The van der Waals surface area contributed by atoms with Crippen molar-refractivity contribution in [2.75, 3.05) is 11.8 Å². The number of nitrogens with zero attached hydrogens (tertiary/aromatic N) is 1. The number of methoxy groups -OCH3 is 1. The van der Waals surface area contributed by atoms with E-state index in [0.29, 0.717) is 10.9 Å². The van der Waals surface area contributed by atoms with Gasteiger partial charge in [0.1, 0.15) is 5.69 Å². The summed E-state index contributed by atoms with van der Waals surface area (Å²) in [6.45, 7) is 20.8. The van der Waals surface area contributed by atoms with Gasteiger partial charge in [0.05, 0.1) is 7.11 Å². The van der Waals surface area contributed by atoms with Crippen molar-refractivity contribution in [1.29, 1.82) is 0 Å². The zero-order valence-electron chi connectivity index (χ0n) is 20.7. The first kappa shape index (κ1) is 33.8. The highest BCUT2D eigenvalue weighted by molar-refractivity contribution is 8.01. The van der Waals surface area contributed by atoms with Gasteiger partial charge in [0.15, 0.2) is 0 Å². The second-order valence-electron chi connectivity index (χ2n) is 5.36. The minimum Gasteiger partial charge on any atom is -0.464 e. The molecule has 0 amide bonds. The molecule has 0 saturated carbocycles. The van der Waals surface area contributed by atoms with Crippen molar-refractivity contribution >= 4 is 23.6 Å². The summed E-state index contributed by atoms with van der Waals surface area (Å²) in [5.41, 5.74) is 1.11. The predicted octanol–water partition coefficient (Wildman–Crippen LogP) is 8.36. The summed E-state index contributed by atoms with van der Waals surface area (Å²) in [5.74, 6) is -0.439. The molecule has 0 aliphatic rings. The largest absolute Gasteiger partial charge is 0.464 e. The molecule has 1 aromatic heterocycles. The molecule has 1 rings (SSSR count). The maximum Gasteiger partial charge on any atom is 0.356 e. The summed E-state index contributed by atoms with van der Waals surface area (Å²) in [6, 6.07) is 3.48. The zero-order valence-corrected chi connectivity index (χ0v) is 21.5. The number of carbonyl (C=O) groups is 1. The Kier molecular flexibility index (Phi) is 29.8. The first-order chi connectivity index (χ1) is 15.6. The SMILES string of the molecule is C=CC=CC/C=C/C(C)SNc1ccnc(C(=O)OC)c1.C=CC=CCC=C.CC.CC. The summed E-state index contributed by atoms with van der Waals surface area (Å²) in [4.78, 5) is 15.3. The van der Waals surface area contributed by atoms with Crippen molar-refractivity contribution in [3.63, 3.8) is 0 Å². The van der Waals surface area contributed by atoms with Crippen molar-refractivity contribution in [2.45, 2.75) is 52.7 Å². The minimum absolute atomic E-state index is 0.292. The van der Waals surface area contributed by atoms with Crippen molar-refractivity contribution in [3.8, 4) is 0 Å². The first-order valence-corrected chi connectivity index (χ1v) is 11.8. The van der Waals surface area contributed by atoms with Gasteiger partial charge in [-0.1, -0.05) is 95.5 Å². The van der Waals surface area contributed by atoms with Crippen LogP contribution >= 0.6 is 11.9 Å².